The largest absolute Gasteiger partial charge is 0.465 e. The SMILES string of the molecule is CCCCCCCCCCCCCCCCOCC(C#N)C(=O)OCC. The summed E-state index contributed by atoms with van der Waals surface area (Å²) in [5.74, 6) is -1.27. The Morgan fingerprint density at radius 3 is 1.69 bits per heavy atom. The summed E-state index contributed by atoms with van der Waals surface area (Å²) in [5, 5.41) is 8.92. The van der Waals surface area contributed by atoms with Crippen molar-refractivity contribution in [2.75, 3.05) is 19.8 Å². The van der Waals surface area contributed by atoms with Crippen molar-refractivity contribution in [3.8, 4) is 6.07 Å². The molecule has 1 atom stereocenters. The molecule has 0 saturated carbocycles. The zero-order chi connectivity index (χ0) is 19.3. The molecule has 0 spiro atoms. The third-order valence-electron chi connectivity index (χ3n) is 4.65. The minimum absolute atomic E-state index is 0.147. The molecule has 4 nitrogen and oxygen atoms in total. The number of esters is 1. The lowest BCUT2D eigenvalue weighted by Gasteiger charge is -2.09. The van der Waals surface area contributed by atoms with Crippen LogP contribution in [-0.4, -0.2) is 25.8 Å². The zero-order valence-corrected chi connectivity index (χ0v) is 17.3. The molecule has 0 amide bonds. The molecule has 0 saturated heterocycles. The van der Waals surface area contributed by atoms with Crippen LogP contribution in [0.2, 0.25) is 0 Å². The fourth-order valence-electron chi connectivity index (χ4n) is 3.00. The highest BCUT2D eigenvalue weighted by Crippen LogP contribution is 2.13. The van der Waals surface area contributed by atoms with Crippen LogP contribution in [-0.2, 0) is 14.3 Å². The van der Waals surface area contributed by atoms with Gasteiger partial charge in [0.1, 0.15) is 0 Å². The Balaban J connectivity index is 3.24. The molecule has 0 aromatic heterocycles. The predicted octanol–water partition coefficient (Wildman–Crippen LogP) is 6.19. The Morgan fingerprint density at radius 2 is 1.27 bits per heavy atom. The maximum atomic E-state index is 11.4. The fraction of sp³-hybridized carbons (Fsp3) is 0.909. The predicted molar refractivity (Wildman–Crippen MR) is 107 cm³/mol. The van der Waals surface area contributed by atoms with Gasteiger partial charge in [-0.1, -0.05) is 90.4 Å². The first-order chi connectivity index (χ1) is 12.8. The zero-order valence-electron chi connectivity index (χ0n) is 17.3. The van der Waals surface area contributed by atoms with Gasteiger partial charge in [-0.2, -0.15) is 5.26 Å². The molecule has 1 unspecified atom stereocenters. The molecule has 0 aliphatic rings. The number of unbranched alkanes of at least 4 members (excludes halogenated alkanes) is 13. The molecule has 0 rings (SSSR count). The van der Waals surface area contributed by atoms with Crippen molar-refractivity contribution in [3.05, 3.63) is 0 Å². The van der Waals surface area contributed by atoms with Gasteiger partial charge in [0, 0.05) is 6.61 Å². The number of hydrogen-bond donors (Lipinski definition) is 0. The molecule has 0 aliphatic carbocycles. The summed E-state index contributed by atoms with van der Waals surface area (Å²) in [6.45, 7) is 5.07. The van der Waals surface area contributed by atoms with Crippen LogP contribution in [0.15, 0.2) is 0 Å². The van der Waals surface area contributed by atoms with Crippen LogP contribution in [0.5, 0.6) is 0 Å². The van der Waals surface area contributed by atoms with Gasteiger partial charge < -0.3 is 9.47 Å². The lowest BCUT2D eigenvalue weighted by molar-refractivity contribution is -0.147. The van der Waals surface area contributed by atoms with Crippen molar-refractivity contribution in [3.63, 3.8) is 0 Å². The molecule has 0 N–H and O–H groups in total. The minimum atomic E-state index is -0.790. The summed E-state index contributed by atoms with van der Waals surface area (Å²) in [7, 11) is 0. The van der Waals surface area contributed by atoms with E-state index >= 15 is 0 Å². The number of carbonyl (C=O) groups is 1. The highest BCUT2D eigenvalue weighted by Gasteiger charge is 2.18. The van der Waals surface area contributed by atoms with E-state index in [1.165, 1.54) is 77.0 Å². The van der Waals surface area contributed by atoms with Gasteiger partial charge in [0.15, 0.2) is 5.92 Å². The topological polar surface area (TPSA) is 59.3 Å². The standard InChI is InChI=1S/C22H41NO3/c1-3-5-6-7-8-9-10-11-12-13-14-15-16-17-18-25-20-21(19-23)22(24)26-4-2/h21H,3-18,20H2,1-2H3. The summed E-state index contributed by atoms with van der Waals surface area (Å²) < 4.78 is 10.3. The van der Waals surface area contributed by atoms with Crippen molar-refractivity contribution < 1.29 is 14.3 Å². The van der Waals surface area contributed by atoms with Crippen LogP contribution in [0.1, 0.15) is 104 Å². The Bertz CT molecular complexity index is 352. The number of nitrogens with zero attached hydrogens (tertiary/aromatic N) is 1. The van der Waals surface area contributed by atoms with Gasteiger partial charge in [-0.05, 0) is 13.3 Å². The highest BCUT2D eigenvalue weighted by atomic mass is 16.5. The second-order valence-corrected chi connectivity index (χ2v) is 7.10. The summed E-state index contributed by atoms with van der Waals surface area (Å²) >= 11 is 0. The summed E-state index contributed by atoms with van der Waals surface area (Å²) in [6, 6.07) is 1.94. The normalized spacial score (nSPS) is 11.9. The Kier molecular flexibility index (Phi) is 19.4. The van der Waals surface area contributed by atoms with Crippen molar-refractivity contribution in [2.24, 2.45) is 5.92 Å². The third kappa shape index (κ3) is 16.4. The van der Waals surface area contributed by atoms with Gasteiger partial charge in [0.05, 0.1) is 19.3 Å². The second kappa shape index (κ2) is 20.2. The summed E-state index contributed by atoms with van der Waals surface area (Å²) in [4.78, 5) is 11.4. The first kappa shape index (κ1) is 24.9. The van der Waals surface area contributed by atoms with E-state index in [1.807, 2.05) is 6.07 Å². The fourth-order valence-corrected chi connectivity index (χ4v) is 3.00. The van der Waals surface area contributed by atoms with Crippen molar-refractivity contribution >= 4 is 5.97 Å². The number of nitriles is 1. The van der Waals surface area contributed by atoms with E-state index in [4.69, 9.17) is 14.7 Å². The van der Waals surface area contributed by atoms with Crippen LogP contribution in [0, 0.1) is 17.2 Å². The van der Waals surface area contributed by atoms with Crippen molar-refractivity contribution in [2.45, 2.75) is 104 Å². The maximum absolute atomic E-state index is 11.4. The molecular weight excluding hydrogens is 326 g/mol. The van der Waals surface area contributed by atoms with E-state index in [0.717, 1.165) is 12.8 Å². The average molecular weight is 368 g/mol. The van der Waals surface area contributed by atoms with Gasteiger partial charge in [-0.15, -0.1) is 0 Å². The van der Waals surface area contributed by atoms with Crippen molar-refractivity contribution in [1.29, 1.82) is 5.26 Å². The molecule has 0 aliphatic heterocycles. The van der Waals surface area contributed by atoms with Crippen LogP contribution in [0.3, 0.4) is 0 Å². The maximum Gasteiger partial charge on any atom is 0.325 e. The number of rotatable bonds is 19. The average Bonchev–Trinajstić information content (AvgIpc) is 2.64. The van der Waals surface area contributed by atoms with E-state index in [1.54, 1.807) is 6.92 Å². The molecule has 0 bridgehead atoms. The van der Waals surface area contributed by atoms with E-state index in [-0.39, 0.29) is 6.61 Å². The first-order valence-electron chi connectivity index (χ1n) is 10.9. The lowest BCUT2D eigenvalue weighted by atomic mass is 10.0. The lowest BCUT2D eigenvalue weighted by Crippen LogP contribution is -2.21. The Morgan fingerprint density at radius 1 is 0.808 bits per heavy atom. The second-order valence-electron chi connectivity index (χ2n) is 7.10. The molecule has 0 fully saturated rings. The van der Waals surface area contributed by atoms with E-state index in [9.17, 15) is 4.79 Å². The highest BCUT2D eigenvalue weighted by molar-refractivity contribution is 5.75. The van der Waals surface area contributed by atoms with Gasteiger partial charge in [-0.3, -0.25) is 4.79 Å². The van der Waals surface area contributed by atoms with Gasteiger partial charge in [0.2, 0.25) is 0 Å². The first-order valence-corrected chi connectivity index (χ1v) is 10.9. The molecule has 0 heterocycles. The smallest absolute Gasteiger partial charge is 0.325 e. The van der Waals surface area contributed by atoms with E-state index in [2.05, 4.69) is 6.92 Å². The molecule has 0 aromatic rings. The van der Waals surface area contributed by atoms with E-state index in [0.29, 0.717) is 13.2 Å². The Labute approximate surface area is 161 Å². The quantitative estimate of drug-likeness (QED) is 0.202. The summed E-state index contributed by atoms with van der Waals surface area (Å²) in [6.07, 6.45) is 18.6. The molecular formula is C22H41NO3. The van der Waals surface area contributed by atoms with Crippen molar-refractivity contribution in [1.82, 2.24) is 0 Å². The van der Waals surface area contributed by atoms with Gasteiger partial charge >= 0.3 is 5.97 Å². The van der Waals surface area contributed by atoms with Crippen LogP contribution < -0.4 is 0 Å². The molecule has 0 radical (unpaired) electrons. The number of hydrogen-bond acceptors (Lipinski definition) is 4. The van der Waals surface area contributed by atoms with Gasteiger partial charge in [0.25, 0.3) is 0 Å². The number of carbonyl (C=O) groups excluding carboxylic acids is 1. The summed E-state index contributed by atoms with van der Waals surface area (Å²) in [5.41, 5.74) is 0. The van der Waals surface area contributed by atoms with Crippen LogP contribution in [0.25, 0.3) is 0 Å². The molecule has 0 aromatic carbocycles. The van der Waals surface area contributed by atoms with E-state index < -0.39 is 11.9 Å². The Hall–Kier alpha value is -1.08. The minimum Gasteiger partial charge on any atom is -0.465 e. The molecule has 152 valence electrons. The van der Waals surface area contributed by atoms with Crippen LogP contribution in [0.4, 0.5) is 0 Å². The third-order valence-corrected chi connectivity index (χ3v) is 4.65. The van der Waals surface area contributed by atoms with Gasteiger partial charge in [-0.25, -0.2) is 0 Å². The monoisotopic (exact) mass is 367 g/mol. The number of ether oxygens (including phenoxy) is 2. The molecule has 4 heteroatoms. The van der Waals surface area contributed by atoms with Crippen LogP contribution >= 0.6 is 0 Å². The molecule has 26 heavy (non-hydrogen) atoms.